The van der Waals surface area contributed by atoms with Crippen molar-refractivity contribution in [2.45, 2.75) is 26.0 Å². The van der Waals surface area contributed by atoms with E-state index in [1.54, 1.807) is 48.8 Å². The molecule has 1 radical (unpaired) electrons. The molecule has 0 N–H and O–H groups in total. The molecule has 1 atom stereocenters. The number of benzene rings is 5. The molecule has 5 aromatic carbocycles. The third-order valence-corrected chi connectivity index (χ3v) is 7.50. The quantitative estimate of drug-likeness (QED) is 0.150. The van der Waals surface area contributed by atoms with Crippen LogP contribution in [0.25, 0.3) is 33.6 Å². The summed E-state index contributed by atoms with van der Waals surface area (Å²) in [4.78, 5) is 8.95. The Morgan fingerprint density at radius 3 is 2.06 bits per heavy atom. The molecular formula is C44H36IrN2-2. The van der Waals surface area contributed by atoms with Crippen LogP contribution in [0.3, 0.4) is 0 Å². The zero-order valence-corrected chi connectivity index (χ0v) is 28.2. The molecule has 2 nitrogen and oxygen atoms in total. The van der Waals surface area contributed by atoms with Gasteiger partial charge in [0.1, 0.15) is 0 Å². The van der Waals surface area contributed by atoms with Gasteiger partial charge in [-0.1, -0.05) is 117 Å². The Bertz CT molecular complexity index is 2210. The standard InChI is InChI=1S/C26H22N.C18H14N.Ir/c1-19-13-15-23(16-14-19)26-17-24(20(2)21-9-5-3-6-10-21)25(18-27-26)22-11-7-4-8-12-22;1-3-7-15(8-4-1)13-16-11-12-19-18(14-16)17-9-5-2-6-10-17;/h3-15,17-18,20H,1-2H3;1-9,11-12,14H,13H2;/q2*-1;/i1D3,20D;13D2;. The number of aromatic nitrogens is 2. The first-order chi connectivity index (χ1) is 24.9. The van der Waals surface area contributed by atoms with E-state index in [1.165, 1.54) is 6.07 Å². The molecule has 47 heavy (non-hydrogen) atoms. The summed E-state index contributed by atoms with van der Waals surface area (Å²) in [5, 5.41) is 0. The fraction of sp³-hybridized carbons (Fsp3) is 0.0909. The van der Waals surface area contributed by atoms with Crippen molar-refractivity contribution in [2.24, 2.45) is 0 Å². The second kappa shape index (κ2) is 16.6. The number of aryl methyl sites for hydroxylation is 1. The Labute approximate surface area is 301 Å². The van der Waals surface area contributed by atoms with Gasteiger partial charge in [-0.15, -0.1) is 71.3 Å². The van der Waals surface area contributed by atoms with Crippen molar-refractivity contribution < 1.29 is 28.3 Å². The van der Waals surface area contributed by atoms with E-state index in [-0.39, 0.29) is 25.7 Å². The van der Waals surface area contributed by atoms with Crippen molar-refractivity contribution in [3.05, 3.63) is 204 Å². The molecule has 7 rings (SSSR count). The van der Waals surface area contributed by atoms with Gasteiger partial charge < -0.3 is 9.97 Å². The van der Waals surface area contributed by atoms with Crippen molar-refractivity contribution in [1.82, 2.24) is 9.97 Å². The Morgan fingerprint density at radius 2 is 1.38 bits per heavy atom. The Balaban J connectivity index is 0.000000215. The normalized spacial score (nSPS) is 14.1. The molecular weight excluding hydrogens is 749 g/mol. The zero-order valence-electron chi connectivity index (χ0n) is 31.8. The molecule has 2 heterocycles. The molecule has 1 unspecified atom stereocenters. The van der Waals surface area contributed by atoms with Crippen molar-refractivity contribution in [3.63, 3.8) is 0 Å². The monoisotopic (exact) mass is 791 g/mol. The number of hydrogen-bond acceptors (Lipinski definition) is 2. The van der Waals surface area contributed by atoms with Crippen LogP contribution in [0, 0.1) is 19.0 Å². The van der Waals surface area contributed by atoms with E-state index in [9.17, 15) is 1.37 Å². The Morgan fingerprint density at radius 1 is 0.702 bits per heavy atom. The summed E-state index contributed by atoms with van der Waals surface area (Å²) in [6.45, 7) is -0.285. The van der Waals surface area contributed by atoms with E-state index in [4.69, 9.17) is 6.85 Å². The molecule has 0 amide bonds. The van der Waals surface area contributed by atoms with Crippen LogP contribution >= 0.6 is 0 Å². The van der Waals surface area contributed by atoms with Crippen LogP contribution < -0.4 is 0 Å². The summed E-state index contributed by atoms with van der Waals surface area (Å²) in [6.07, 6.45) is 1.89. The van der Waals surface area contributed by atoms with Crippen molar-refractivity contribution in [1.29, 1.82) is 0 Å². The summed E-state index contributed by atoms with van der Waals surface area (Å²) in [6, 6.07) is 52.8. The van der Waals surface area contributed by atoms with E-state index in [0.717, 1.165) is 33.5 Å². The van der Waals surface area contributed by atoms with Crippen LogP contribution in [0.1, 0.15) is 48.9 Å². The number of rotatable bonds is 7. The van der Waals surface area contributed by atoms with Gasteiger partial charge in [0.05, 0.1) is 0 Å². The molecule has 0 aliphatic heterocycles. The maximum Gasteiger partial charge on any atom is 0.0399 e. The van der Waals surface area contributed by atoms with E-state index >= 15 is 0 Å². The molecule has 0 saturated carbocycles. The first-order valence-electron chi connectivity index (χ1n) is 18.1. The minimum absolute atomic E-state index is 0. The summed E-state index contributed by atoms with van der Waals surface area (Å²) < 4.78 is 48.7. The maximum atomic E-state index is 9.26. The summed E-state index contributed by atoms with van der Waals surface area (Å²) >= 11 is 0. The molecule has 233 valence electrons. The summed E-state index contributed by atoms with van der Waals surface area (Å²) in [7, 11) is 0. The van der Waals surface area contributed by atoms with E-state index in [1.807, 2.05) is 116 Å². The fourth-order valence-corrected chi connectivity index (χ4v) is 5.08. The van der Waals surface area contributed by atoms with E-state index < -0.39 is 19.1 Å². The first kappa shape index (κ1) is 26.2. The zero-order chi connectivity index (χ0) is 36.8. The number of hydrogen-bond donors (Lipinski definition) is 0. The summed E-state index contributed by atoms with van der Waals surface area (Å²) in [5.74, 6) is -1.01. The van der Waals surface area contributed by atoms with E-state index in [0.29, 0.717) is 22.4 Å². The maximum absolute atomic E-state index is 9.26. The predicted octanol–water partition coefficient (Wildman–Crippen LogP) is 10.8. The number of pyridine rings is 2. The van der Waals surface area contributed by atoms with Crippen molar-refractivity contribution in [2.75, 3.05) is 0 Å². The third kappa shape index (κ3) is 8.86. The smallest absolute Gasteiger partial charge is 0.0399 e. The van der Waals surface area contributed by atoms with E-state index in [2.05, 4.69) is 22.1 Å². The van der Waals surface area contributed by atoms with Crippen molar-refractivity contribution >= 4 is 0 Å². The van der Waals surface area contributed by atoms with Gasteiger partial charge >= 0.3 is 0 Å². The van der Waals surface area contributed by atoms with Gasteiger partial charge in [-0.25, -0.2) is 0 Å². The molecule has 0 spiro atoms. The first-order valence-corrected chi connectivity index (χ1v) is 15.1. The molecule has 0 fully saturated rings. The van der Waals surface area contributed by atoms with Gasteiger partial charge in [0.25, 0.3) is 0 Å². The van der Waals surface area contributed by atoms with Crippen LogP contribution in [0.15, 0.2) is 164 Å². The molecule has 0 saturated heterocycles. The molecule has 0 aliphatic rings. The average molecular weight is 791 g/mol. The van der Waals surface area contributed by atoms with Gasteiger partial charge in [-0.2, -0.15) is 0 Å². The van der Waals surface area contributed by atoms with Gasteiger partial charge in [-0.3, -0.25) is 0 Å². The largest absolute Gasteiger partial charge is 0.305 e. The second-order valence-electron chi connectivity index (χ2n) is 10.7. The SMILES string of the molecule is [2H]C([2H])([2H])c1c[c-]c(-c2cc(C([2H])(C)c3ccccc3)c(-c3ccccc3)cn2)cc1.[2H]C([2H])(c1ccccc1)c1ccnc(-c2[c-]cccc2)c1.[Ir]. The molecule has 7 aromatic rings. The van der Waals surface area contributed by atoms with Crippen LogP contribution in [-0.2, 0) is 26.5 Å². The fourth-order valence-electron chi connectivity index (χ4n) is 5.08. The Hall–Kier alpha value is -4.95. The molecule has 0 aliphatic carbocycles. The van der Waals surface area contributed by atoms with Crippen LogP contribution in [0.5, 0.6) is 0 Å². The van der Waals surface area contributed by atoms with Gasteiger partial charge in [0, 0.05) is 52.2 Å². The van der Waals surface area contributed by atoms with Gasteiger partial charge in [0.2, 0.25) is 0 Å². The topological polar surface area (TPSA) is 25.8 Å². The summed E-state index contributed by atoms with van der Waals surface area (Å²) in [5.41, 5.74) is 8.00. The number of nitrogens with zero attached hydrogens (tertiary/aromatic N) is 2. The minimum atomic E-state index is -2.17. The van der Waals surface area contributed by atoms with Gasteiger partial charge in [-0.05, 0) is 51.6 Å². The van der Waals surface area contributed by atoms with Gasteiger partial charge in [0.15, 0.2) is 0 Å². The second-order valence-corrected chi connectivity index (χ2v) is 10.7. The van der Waals surface area contributed by atoms with Crippen LogP contribution in [-0.4, -0.2) is 9.97 Å². The minimum Gasteiger partial charge on any atom is -0.305 e. The molecule has 2 aromatic heterocycles. The molecule has 0 bridgehead atoms. The Kier molecular flexibility index (Phi) is 9.22. The third-order valence-electron chi connectivity index (χ3n) is 7.50. The molecule has 3 heteroatoms. The van der Waals surface area contributed by atoms with Crippen LogP contribution in [0.4, 0.5) is 0 Å². The predicted molar refractivity (Wildman–Crippen MR) is 190 cm³/mol. The van der Waals surface area contributed by atoms with Crippen molar-refractivity contribution in [3.8, 4) is 33.6 Å². The average Bonchev–Trinajstić information content (AvgIpc) is 3.19. The van der Waals surface area contributed by atoms with Crippen LogP contribution in [0.2, 0.25) is 0 Å².